The molecule has 28 heavy (non-hydrogen) atoms. The molecule has 0 radical (unpaired) electrons. The Hall–Kier alpha value is -3.08. The Kier molecular flexibility index (Phi) is 6.14. The number of methoxy groups -OCH3 is 1. The van der Waals surface area contributed by atoms with Crippen LogP contribution in [-0.2, 0) is 6.54 Å². The normalized spacial score (nSPS) is 11.9. The highest BCUT2D eigenvalue weighted by atomic mass is 16.5. The van der Waals surface area contributed by atoms with Gasteiger partial charge in [-0.15, -0.1) is 0 Å². The van der Waals surface area contributed by atoms with Gasteiger partial charge in [-0.05, 0) is 61.7 Å². The Labute approximate surface area is 166 Å². The number of hydrogen-bond donors (Lipinski definition) is 1. The average Bonchev–Trinajstić information content (AvgIpc) is 3.03. The van der Waals surface area contributed by atoms with Crippen LogP contribution in [0.3, 0.4) is 0 Å². The van der Waals surface area contributed by atoms with Crippen LogP contribution in [0.2, 0.25) is 0 Å². The molecule has 1 N–H and O–H groups in total. The van der Waals surface area contributed by atoms with Gasteiger partial charge in [-0.2, -0.15) is 5.10 Å². The average molecular weight is 377 g/mol. The van der Waals surface area contributed by atoms with Crippen molar-refractivity contribution in [2.75, 3.05) is 7.11 Å². The quantitative estimate of drug-likeness (QED) is 0.662. The van der Waals surface area contributed by atoms with E-state index in [1.807, 2.05) is 67.1 Å². The Balaban J connectivity index is 1.66. The Morgan fingerprint density at radius 1 is 1.11 bits per heavy atom. The molecule has 0 bridgehead atoms. The van der Waals surface area contributed by atoms with Crippen LogP contribution in [-0.4, -0.2) is 22.8 Å². The zero-order chi connectivity index (χ0) is 20.1. The summed E-state index contributed by atoms with van der Waals surface area (Å²) in [5.41, 5.74) is 4.98. The maximum atomic E-state index is 12.7. The van der Waals surface area contributed by atoms with Crippen LogP contribution < -0.4 is 10.1 Å². The topological polar surface area (TPSA) is 56.2 Å². The summed E-state index contributed by atoms with van der Waals surface area (Å²) in [7, 11) is 1.65. The van der Waals surface area contributed by atoms with Gasteiger partial charge in [0.15, 0.2) is 0 Å². The number of aromatic nitrogens is 2. The van der Waals surface area contributed by atoms with Gasteiger partial charge in [-0.1, -0.05) is 31.2 Å². The lowest BCUT2D eigenvalue weighted by molar-refractivity contribution is 0.0935. The van der Waals surface area contributed by atoms with Crippen molar-refractivity contribution in [1.29, 1.82) is 0 Å². The molecule has 1 aromatic heterocycles. The van der Waals surface area contributed by atoms with Gasteiger partial charge in [-0.25, -0.2) is 0 Å². The van der Waals surface area contributed by atoms with Crippen molar-refractivity contribution in [3.05, 3.63) is 82.7 Å². The first-order chi connectivity index (χ1) is 13.5. The highest BCUT2D eigenvalue weighted by Crippen LogP contribution is 2.21. The van der Waals surface area contributed by atoms with Crippen molar-refractivity contribution in [3.8, 4) is 5.75 Å². The number of nitrogens with one attached hydrogen (secondary N) is 1. The van der Waals surface area contributed by atoms with E-state index >= 15 is 0 Å². The van der Waals surface area contributed by atoms with Gasteiger partial charge in [0.2, 0.25) is 0 Å². The minimum absolute atomic E-state index is 0.0345. The number of rotatable bonds is 7. The summed E-state index contributed by atoms with van der Waals surface area (Å²) in [5, 5.41) is 7.61. The molecule has 3 aromatic rings. The number of nitrogens with zero attached hydrogens (tertiary/aromatic N) is 2. The zero-order valence-electron chi connectivity index (χ0n) is 16.9. The lowest BCUT2D eigenvalue weighted by atomic mass is 10.0. The van der Waals surface area contributed by atoms with Crippen LogP contribution >= 0.6 is 0 Å². The van der Waals surface area contributed by atoms with E-state index in [1.165, 1.54) is 0 Å². The lowest BCUT2D eigenvalue weighted by Crippen LogP contribution is -2.28. The van der Waals surface area contributed by atoms with E-state index in [4.69, 9.17) is 4.74 Å². The first-order valence-corrected chi connectivity index (χ1v) is 9.55. The second-order valence-corrected chi connectivity index (χ2v) is 6.99. The van der Waals surface area contributed by atoms with Crippen LogP contribution in [0.15, 0.2) is 54.6 Å². The predicted octanol–water partition coefficient (Wildman–Crippen LogP) is 4.44. The fraction of sp³-hybridized carbons (Fsp3) is 0.304. The maximum Gasteiger partial charge on any atom is 0.251 e. The number of ether oxygens (including phenoxy) is 1. The fourth-order valence-corrected chi connectivity index (χ4v) is 3.27. The minimum atomic E-state index is -0.0691. The smallest absolute Gasteiger partial charge is 0.251 e. The summed E-state index contributed by atoms with van der Waals surface area (Å²) in [5.74, 6) is 0.739. The maximum absolute atomic E-state index is 12.7. The van der Waals surface area contributed by atoms with Gasteiger partial charge in [-0.3, -0.25) is 9.48 Å². The zero-order valence-corrected chi connectivity index (χ0v) is 16.9. The molecule has 3 rings (SSSR count). The minimum Gasteiger partial charge on any atom is -0.497 e. The van der Waals surface area contributed by atoms with E-state index in [9.17, 15) is 4.79 Å². The number of aryl methyl sites for hydroxylation is 2. The van der Waals surface area contributed by atoms with Crippen molar-refractivity contribution in [3.63, 3.8) is 0 Å². The third-order valence-corrected chi connectivity index (χ3v) is 4.88. The molecular formula is C23H27N3O2. The first-order valence-electron chi connectivity index (χ1n) is 9.55. The molecule has 0 unspecified atom stereocenters. The van der Waals surface area contributed by atoms with Crippen LogP contribution in [0, 0.1) is 13.8 Å². The van der Waals surface area contributed by atoms with Crippen LogP contribution in [0.4, 0.5) is 0 Å². The van der Waals surface area contributed by atoms with E-state index in [-0.39, 0.29) is 11.9 Å². The molecule has 1 amide bonds. The van der Waals surface area contributed by atoms with Gasteiger partial charge in [0.25, 0.3) is 5.91 Å². The van der Waals surface area contributed by atoms with Crippen LogP contribution in [0.1, 0.15) is 52.3 Å². The molecule has 1 atom stereocenters. The van der Waals surface area contributed by atoms with Gasteiger partial charge >= 0.3 is 0 Å². The summed E-state index contributed by atoms with van der Waals surface area (Å²) >= 11 is 0. The standard InChI is InChI=1S/C23H27N3O2/c1-5-22(19-10-12-21(28-4)13-11-19)24-23(27)20-8-6-18(7-9-20)15-26-17(3)14-16(2)25-26/h6-14,22H,5,15H2,1-4H3,(H,24,27)/t22-/m0/s1. The molecule has 0 aliphatic heterocycles. The van der Waals surface area contributed by atoms with E-state index in [0.717, 1.165) is 34.7 Å². The van der Waals surface area contributed by atoms with Crippen molar-refractivity contribution in [2.45, 2.75) is 39.8 Å². The number of carbonyl (C=O) groups is 1. The van der Waals surface area contributed by atoms with E-state index < -0.39 is 0 Å². The van der Waals surface area contributed by atoms with Gasteiger partial charge in [0, 0.05) is 11.3 Å². The Bertz CT molecular complexity index is 927. The number of benzene rings is 2. The van der Waals surface area contributed by atoms with E-state index in [2.05, 4.69) is 23.4 Å². The van der Waals surface area contributed by atoms with Gasteiger partial charge < -0.3 is 10.1 Å². The molecule has 5 nitrogen and oxygen atoms in total. The third-order valence-electron chi connectivity index (χ3n) is 4.88. The second-order valence-electron chi connectivity index (χ2n) is 6.99. The molecule has 1 heterocycles. The summed E-state index contributed by atoms with van der Waals surface area (Å²) in [6.45, 7) is 6.80. The molecule has 0 saturated heterocycles. The van der Waals surface area contributed by atoms with Crippen molar-refractivity contribution in [1.82, 2.24) is 15.1 Å². The summed E-state index contributed by atoms with van der Waals surface area (Å²) < 4.78 is 7.18. The van der Waals surface area contributed by atoms with E-state index in [1.54, 1.807) is 7.11 Å². The summed E-state index contributed by atoms with van der Waals surface area (Å²) in [4.78, 5) is 12.7. The number of carbonyl (C=O) groups excluding carboxylic acids is 1. The van der Waals surface area contributed by atoms with Gasteiger partial charge in [0.1, 0.15) is 5.75 Å². The lowest BCUT2D eigenvalue weighted by Gasteiger charge is -2.18. The van der Waals surface area contributed by atoms with Crippen LogP contribution in [0.5, 0.6) is 5.75 Å². The Morgan fingerprint density at radius 3 is 2.32 bits per heavy atom. The highest BCUT2D eigenvalue weighted by molar-refractivity contribution is 5.94. The molecule has 0 saturated carbocycles. The van der Waals surface area contributed by atoms with Crippen molar-refractivity contribution >= 4 is 5.91 Å². The first kappa shape index (κ1) is 19.7. The Morgan fingerprint density at radius 2 is 1.79 bits per heavy atom. The fourth-order valence-electron chi connectivity index (χ4n) is 3.27. The molecule has 0 spiro atoms. The second kappa shape index (κ2) is 8.74. The third kappa shape index (κ3) is 4.60. The molecule has 2 aromatic carbocycles. The monoisotopic (exact) mass is 377 g/mol. The SMILES string of the molecule is CC[C@H](NC(=O)c1ccc(Cn2nc(C)cc2C)cc1)c1ccc(OC)cc1. The van der Waals surface area contributed by atoms with Gasteiger partial charge in [0.05, 0.1) is 25.4 Å². The molecule has 0 fully saturated rings. The largest absolute Gasteiger partial charge is 0.497 e. The molecule has 0 aliphatic carbocycles. The van der Waals surface area contributed by atoms with E-state index in [0.29, 0.717) is 12.1 Å². The molecule has 146 valence electrons. The molecule has 5 heteroatoms. The summed E-state index contributed by atoms with van der Waals surface area (Å²) in [6, 6.07) is 17.6. The number of hydrogen-bond acceptors (Lipinski definition) is 3. The predicted molar refractivity (Wildman–Crippen MR) is 111 cm³/mol. The van der Waals surface area contributed by atoms with Crippen molar-refractivity contribution in [2.24, 2.45) is 0 Å². The summed E-state index contributed by atoms with van der Waals surface area (Å²) in [6.07, 6.45) is 0.814. The number of amides is 1. The molecule has 0 aliphatic rings. The molecular weight excluding hydrogens is 350 g/mol. The highest BCUT2D eigenvalue weighted by Gasteiger charge is 2.14. The van der Waals surface area contributed by atoms with Crippen LogP contribution in [0.25, 0.3) is 0 Å². The van der Waals surface area contributed by atoms with Crippen molar-refractivity contribution < 1.29 is 9.53 Å².